The summed E-state index contributed by atoms with van der Waals surface area (Å²) in [5.41, 5.74) is 2.40. The zero-order valence-electron chi connectivity index (χ0n) is 27.4. The van der Waals surface area contributed by atoms with Crippen LogP contribution in [0.4, 0.5) is 5.69 Å². The van der Waals surface area contributed by atoms with Crippen molar-refractivity contribution in [1.82, 2.24) is 10.2 Å². The molecule has 2 amide bonds. The Bertz CT molecular complexity index is 1760. The number of nitrogens with one attached hydrogen (secondary N) is 1. The van der Waals surface area contributed by atoms with Crippen molar-refractivity contribution in [2.24, 2.45) is 0 Å². The summed E-state index contributed by atoms with van der Waals surface area (Å²) in [4.78, 5) is 30.2. The average molecular weight is 721 g/mol. The lowest BCUT2D eigenvalue weighted by molar-refractivity contribution is -0.140. The molecule has 0 aliphatic rings. The Labute approximate surface area is 286 Å². The number of hydrogen-bond donors (Lipinski definition) is 1. The molecule has 1 atom stereocenters. The lowest BCUT2D eigenvalue weighted by Crippen LogP contribution is -2.56. The van der Waals surface area contributed by atoms with Gasteiger partial charge < -0.3 is 15.0 Å². The number of carbonyl (C=O) groups excluding carboxylic acids is 2. The zero-order valence-corrected chi connectivity index (χ0v) is 29.8. The summed E-state index contributed by atoms with van der Waals surface area (Å²) in [6.07, 6.45) is 0.239. The van der Waals surface area contributed by atoms with Gasteiger partial charge >= 0.3 is 0 Å². The SMILES string of the molecule is CCOc1ccc(N(CC(=O)N(Cc2ccccc2C)[C@H](Cc2ccccc2)C(=O)NC(C)(C)C)S(=O)(=O)c2ccc(Br)cc2)cc1. The molecule has 0 aliphatic carbocycles. The molecule has 0 bridgehead atoms. The summed E-state index contributed by atoms with van der Waals surface area (Å²) in [5.74, 6) is -0.272. The Morgan fingerprint density at radius 2 is 1.49 bits per heavy atom. The van der Waals surface area contributed by atoms with Gasteiger partial charge in [0.15, 0.2) is 0 Å². The maximum absolute atomic E-state index is 14.7. The second-order valence-corrected chi connectivity index (χ2v) is 15.1. The zero-order chi connectivity index (χ0) is 34.2. The van der Waals surface area contributed by atoms with Gasteiger partial charge in [0.25, 0.3) is 10.0 Å². The molecular formula is C37H42BrN3O5S. The Morgan fingerprint density at radius 3 is 2.09 bits per heavy atom. The lowest BCUT2D eigenvalue weighted by atomic mass is 10.00. The number of amides is 2. The molecule has 0 unspecified atom stereocenters. The molecule has 10 heteroatoms. The van der Waals surface area contributed by atoms with Crippen LogP contribution in [-0.4, -0.2) is 49.9 Å². The van der Waals surface area contributed by atoms with Crippen molar-refractivity contribution < 1.29 is 22.7 Å². The van der Waals surface area contributed by atoms with Gasteiger partial charge in [-0.05, 0) is 99.8 Å². The van der Waals surface area contributed by atoms with E-state index in [2.05, 4.69) is 21.2 Å². The van der Waals surface area contributed by atoms with Gasteiger partial charge in [0.05, 0.1) is 17.2 Å². The molecule has 0 radical (unpaired) electrons. The first kappa shape index (κ1) is 35.7. The number of anilines is 1. The van der Waals surface area contributed by atoms with Gasteiger partial charge in [-0.1, -0.05) is 70.5 Å². The molecular weight excluding hydrogens is 678 g/mol. The molecule has 8 nitrogen and oxygen atoms in total. The molecule has 0 aliphatic heterocycles. The van der Waals surface area contributed by atoms with E-state index < -0.39 is 34.1 Å². The lowest BCUT2D eigenvalue weighted by Gasteiger charge is -2.35. The Kier molecular flexibility index (Phi) is 11.9. The van der Waals surface area contributed by atoms with Crippen LogP contribution in [0.15, 0.2) is 112 Å². The van der Waals surface area contributed by atoms with Gasteiger partial charge in [-0.2, -0.15) is 0 Å². The number of aryl methyl sites for hydroxylation is 1. The molecule has 0 saturated carbocycles. The van der Waals surface area contributed by atoms with Crippen molar-refractivity contribution in [3.63, 3.8) is 0 Å². The molecule has 0 saturated heterocycles. The Hall–Kier alpha value is -4.15. The second-order valence-electron chi connectivity index (χ2n) is 12.3. The number of benzene rings is 4. The largest absolute Gasteiger partial charge is 0.494 e. The number of ether oxygens (including phenoxy) is 1. The highest BCUT2D eigenvalue weighted by Crippen LogP contribution is 2.28. The highest BCUT2D eigenvalue weighted by molar-refractivity contribution is 9.10. The third-order valence-corrected chi connectivity index (χ3v) is 9.80. The van der Waals surface area contributed by atoms with Crippen molar-refractivity contribution in [3.8, 4) is 5.75 Å². The Morgan fingerprint density at radius 1 is 0.872 bits per heavy atom. The van der Waals surface area contributed by atoms with Crippen molar-refractivity contribution >= 4 is 43.5 Å². The van der Waals surface area contributed by atoms with E-state index in [1.165, 1.54) is 17.0 Å². The maximum atomic E-state index is 14.7. The summed E-state index contributed by atoms with van der Waals surface area (Å²) >= 11 is 3.37. The molecule has 4 aromatic carbocycles. The van der Waals surface area contributed by atoms with E-state index in [1.807, 2.05) is 89.2 Å². The summed E-state index contributed by atoms with van der Waals surface area (Å²) < 4.78 is 35.9. The van der Waals surface area contributed by atoms with Crippen LogP contribution in [0.3, 0.4) is 0 Å². The van der Waals surface area contributed by atoms with E-state index in [0.717, 1.165) is 25.5 Å². The van der Waals surface area contributed by atoms with E-state index in [9.17, 15) is 18.0 Å². The first-order chi connectivity index (χ1) is 22.3. The van der Waals surface area contributed by atoms with E-state index in [1.54, 1.807) is 36.4 Å². The third-order valence-electron chi connectivity index (χ3n) is 7.49. The topological polar surface area (TPSA) is 96.0 Å². The molecule has 4 rings (SSSR count). The summed E-state index contributed by atoms with van der Waals surface area (Å²) in [7, 11) is -4.22. The molecule has 0 spiro atoms. The van der Waals surface area contributed by atoms with Gasteiger partial charge in [-0.3, -0.25) is 13.9 Å². The first-order valence-corrected chi connectivity index (χ1v) is 17.7. The van der Waals surface area contributed by atoms with E-state index >= 15 is 0 Å². The van der Waals surface area contributed by atoms with E-state index in [4.69, 9.17) is 4.74 Å². The fourth-order valence-corrected chi connectivity index (χ4v) is 6.79. The van der Waals surface area contributed by atoms with Crippen LogP contribution in [0.25, 0.3) is 0 Å². The van der Waals surface area contributed by atoms with Crippen LogP contribution in [0.2, 0.25) is 0 Å². The van der Waals surface area contributed by atoms with Gasteiger partial charge in [0.1, 0.15) is 18.3 Å². The van der Waals surface area contributed by atoms with E-state index in [0.29, 0.717) is 18.0 Å². The second kappa shape index (κ2) is 15.6. The molecule has 0 heterocycles. The molecule has 4 aromatic rings. The van der Waals surface area contributed by atoms with E-state index in [-0.39, 0.29) is 23.8 Å². The summed E-state index contributed by atoms with van der Waals surface area (Å²) in [6.45, 7) is 9.49. The molecule has 248 valence electrons. The van der Waals surface area contributed by atoms with Crippen molar-refractivity contribution in [2.75, 3.05) is 17.5 Å². The fraction of sp³-hybridized carbons (Fsp3) is 0.297. The molecule has 0 aromatic heterocycles. The fourth-order valence-electron chi connectivity index (χ4n) is 5.12. The molecule has 0 fully saturated rings. The van der Waals surface area contributed by atoms with Crippen molar-refractivity contribution in [3.05, 3.63) is 124 Å². The molecule has 47 heavy (non-hydrogen) atoms. The molecule has 1 N–H and O–H groups in total. The number of carbonyl (C=O) groups is 2. The number of rotatable bonds is 13. The van der Waals surface area contributed by atoms with Crippen LogP contribution < -0.4 is 14.4 Å². The number of sulfonamides is 1. The highest BCUT2D eigenvalue weighted by atomic mass is 79.9. The highest BCUT2D eigenvalue weighted by Gasteiger charge is 2.35. The minimum Gasteiger partial charge on any atom is -0.494 e. The minimum absolute atomic E-state index is 0.0270. The predicted molar refractivity (Wildman–Crippen MR) is 190 cm³/mol. The number of hydrogen-bond acceptors (Lipinski definition) is 5. The average Bonchev–Trinajstić information content (AvgIpc) is 3.02. The standard InChI is InChI=1S/C37H42BrN3O5S/c1-6-46-32-20-18-31(19-21-32)41(47(44,45)33-22-16-30(38)17-23-33)26-35(42)40(25-29-15-11-10-12-27(29)2)34(36(43)39-37(3,4)5)24-28-13-8-7-9-14-28/h7-23,34H,6,24-26H2,1-5H3,(H,39,43)/t34-/m1/s1. The normalized spacial score (nSPS) is 12.2. The number of halogens is 1. The third kappa shape index (κ3) is 9.68. The van der Waals surface area contributed by atoms with Gasteiger partial charge in [-0.25, -0.2) is 8.42 Å². The predicted octanol–water partition coefficient (Wildman–Crippen LogP) is 6.91. The Balaban J connectivity index is 1.82. The first-order valence-electron chi connectivity index (χ1n) is 15.5. The van der Waals surface area contributed by atoms with Crippen LogP contribution in [0, 0.1) is 6.92 Å². The van der Waals surface area contributed by atoms with Gasteiger partial charge in [0.2, 0.25) is 11.8 Å². The number of nitrogens with zero attached hydrogens (tertiary/aromatic N) is 2. The van der Waals surface area contributed by atoms with Crippen LogP contribution in [-0.2, 0) is 32.6 Å². The van der Waals surface area contributed by atoms with Crippen LogP contribution in [0.5, 0.6) is 5.75 Å². The van der Waals surface area contributed by atoms with Gasteiger partial charge in [-0.15, -0.1) is 0 Å². The van der Waals surface area contributed by atoms with Crippen LogP contribution in [0.1, 0.15) is 44.4 Å². The van der Waals surface area contributed by atoms with Crippen molar-refractivity contribution in [1.29, 1.82) is 0 Å². The summed E-state index contributed by atoms with van der Waals surface area (Å²) in [6, 6.07) is 29.1. The van der Waals surface area contributed by atoms with Gasteiger partial charge in [0, 0.05) is 23.0 Å². The van der Waals surface area contributed by atoms with Crippen molar-refractivity contribution in [2.45, 2.75) is 64.1 Å². The quantitative estimate of drug-likeness (QED) is 0.162. The van der Waals surface area contributed by atoms with Crippen LogP contribution >= 0.6 is 15.9 Å². The minimum atomic E-state index is -4.22. The smallest absolute Gasteiger partial charge is 0.264 e. The maximum Gasteiger partial charge on any atom is 0.264 e. The monoisotopic (exact) mass is 719 g/mol. The summed E-state index contributed by atoms with van der Waals surface area (Å²) in [5, 5.41) is 3.06.